The zero-order valence-electron chi connectivity index (χ0n) is 19.8. The summed E-state index contributed by atoms with van der Waals surface area (Å²) in [6.07, 6.45) is -2.63. The number of aliphatic hydroxyl groups is 1. The van der Waals surface area contributed by atoms with Crippen LogP contribution in [0.5, 0.6) is 5.75 Å². The Hall–Kier alpha value is -2.56. The first-order valence-electron chi connectivity index (χ1n) is 11.1. The molecule has 0 saturated carbocycles. The predicted molar refractivity (Wildman–Crippen MR) is 124 cm³/mol. The van der Waals surface area contributed by atoms with E-state index >= 15 is 0 Å². The Labute approximate surface area is 203 Å². The van der Waals surface area contributed by atoms with Gasteiger partial charge >= 0.3 is 13.7 Å². The average Bonchev–Trinajstić information content (AvgIpc) is 3.15. The van der Waals surface area contributed by atoms with Crippen molar-refractivity contribution >= 4 is 19.6 Å². The van der Waals surface area contributed by atoms with Gasteiger partial charge in [0.15, 0.2) is 0 Å². The second-order valence-corrected chi connectivity index (χ2v) is 10.2. The average molecular weight is 512 g/mol. The maximum Gasteiger partial charge on any atom is 0.459 e. The number of allylic oxidation sites excluding steroid dienone is 1. The molecule has 1 fully saturated rings. The van der Waals surface area contributed by atoms with Crippen LogP contribution < -0.4 is 9.61 Å². The summed E-state index contributed by atoms with van der Waals surface area (Å²) in [6.45, 7) is 7.90. The number of benzene rings is 1. The Morgan fingerprint density at radius 3 is 2.69 bits per heavy atom. The van der Waals surface area contributed by atoms with Crippen LogP contribution in [0.25, 0.3) is 0 Å². The van der Waals surface area contributed by atoms with E-state index in [2.05, 4.69) is 11.7 Å². The summed E-state index contributed by atoms with van der Waals surface area (Å²) in [6, 6.07) is 7.15. The lowest BCUT2D eigenvalue weighted by molar-refractivity contribution is -0.149. The summed E-state index contributed by atoms with van der Waals surface area (Å²) in [7, 11) is -4.16. The number of carbonyl (C=O) groups is 2. The SMILES string of the molecule is C=C1CC(=O)N([C@H]2C[C@H](O)[C@@H](CO[P@@](=O)(N[C@@H](C)C(=O)OC(C)C)Oc3ccccc3)O2)C=C1F. The Morgan fingerprint density at radius 2 is 2.03 bits per heavy atom. The standard InChI is InChI=1S/C23H30FN2O8P/c1-14(2)32-23(29)16(4)25-35(30,34-17-8-6-5-7-9-17)31-13-20-19(27)11-22(33-20)26-12-18(24)15(3)10-21(26)28/h5-9,12,14,16,19-20,22,27H,3,10-11,13H2,1-2,4H3,(H,25,30)/t16-,19-,20+,22+,35-/m0/s1. The molecule has 0 aliphatic carbocycles. The van der Waals surface area contributed by atoms with Crippen molar-refractivity contribution in [2.45, 2.75) is 64.2 Å². The number of nitrogens with zero attached hydrogens (tertiary/aromatic N) is 1. The summed E-state index contributed by atoms with van der Waals surface area (Å²) in [5, 5.41) is 13.0. The van der Waals surface area contributed by atoms with E-state index < -0.39 is 56.5 Å². The number of amides is 1. The monoisotopic (exact) mass is 512 g/mol. The summed E-state index contributed by atoms with van der Waals surface area (Å²) >= 11 is 0. The van der Waals surface area contributed by atoms with Crippen LogP contribution in [0.1, 0.15) is 33.6 Å². The molecular weight excluding hydrogens is 482 g/mol. The van der Waals surface area contributed by atoms with E-state index in [0.29, 0.717) is 0 Å². The van der Waals surface area contributed by atoms with Gasteiger partial charge in [0.05, 0.1) is 25.2 Å². The molecule has 0 spiro atoms. The van der Waals surface area contributed by atoms with E-state index in [0.717, 1.165) is 11.1 Å². The van der Waals surface area contributed by atoms with Crippen molar-refractivity contribution < 1.29 is 42.2 Å². The van der Waals surface area contributed by atoms with Crippen molar-refractivity contribution in [1.29, 1.82) is 0 Å². The fourth-order valence-corrected chi connectivity index (χ4v) is 4.93. The number of halogens is 1. The van der Waals surface area contributed by atoms with Gasteiger partial charge < -0.3 is 19.1 Å². The molecule has 2 N–H and O–H groups in total. The third kappa shape index (κ3) is 7.22. The van der Waals surface area contributed by atoms with Gasteiger partial charge in [-0.05, 0) is 38.5 Å². The highest BCUT2D eigenvalue weighted by Crippen LogP contribution is 2.45. The van der Waals surface area contributed by atoms with Gasteiger partial charge in [0.1, 0.15) is 30.0 Å². The molecule has 5 atom stereocenters. The fraction of sp³-hybridized carbons (Fsp3) is 0.478. The maximum absolute atomic E-state index is 14.0. The molecule has 1 saturated heterocycles. The molecule has 1 amide bonds. The molecule has 2 heterocycles. The predicted octanol–water partition coefficient (Wildman–Crippen LogP) is 3.20. The second kappa shape index (κ2) is 11.5. The Balaban J connectivity index is 1.69. The van der Waals surface area contributed by atoms with E-state index in [1.54, 1.807) is 44.2 Å². The minimum Gasteiger partial charge on any atom is -0.462 e. The van der Waals surface area contributed by atoms with Crippen LogP contribution in [-0.4, -0.2) is 59.1 Å². The number of para-hydroxylation sites is 1. The Kier molecular flexibility index (Phi) is 8.84. The third-order valence-electron chi connectivity index (χ3n) is 5.19. The number of carbonyl (C=O) groups excluding carboxylic acids is 2. The lowest BCUT2D eigenvalue weighted by atomic mass is 10.1. The van der Waals surface area contributed by atoms with Crippen LogP contribution in [0.3, 0.4) is 0 Å². The van der Waals surface area contributed by atoms with Crippen LogP contribution in [0.15, 0.2) is 54.5 Å². The number of rotatable bonds is 10. The number of esters is 1. The molecule has 0 bridgehead atoms. The van der Waals surface area contributed by atoms with E-state index in [4.69, 9.17) is 18.5 Å². The lowest BCUT2D eigenvalue weighted by Crippen LogP contribution is -2.39. The fourth-order valence-electron chi connectivity index (χ4n) is 3.43. The van der Waals surface area contributed by atoms with Crippen LogP contribution >= 0.6 is 7.75 Å². The van der Waals surface area contributed by atoms with Gasteiger partial charge in [-0.2, -0.15) is 5.09 Å². The van der Waals surface area contributed by atoms with Gasteiger partial charge in [-0.15, -0.1) is 0 Å². The zero-order valence-corrected chi connectivity index (χ0v) is 20.7. The summed E-state index contributed by atoms with van der Waals surface area (Å²) in [5.74, 6) is -1.50. The van der Waals surface area contributed by atoms with Crippen molar-refractivity contribution in [3.05, 3.63) is 54.5 Å². The van der Waals surface area contributed by atoms with Gasteiger partial charge in [0, 0.05) is 12.6 Å². The molecule has 35 heavy (non-hydrogen) atoms. The first-order valence-corrected chi connectivity index (χ1v) is 12.7. The highest BCUT2D eigenvalue weighted by molar-refractivity contribution is 7.52. The van der Waals surface area contributed by atoms with Crippen molar-refractivity contribution in [1.82, 2.24) is 9.99 Å². The van der Waals surface area contributed by atoms with Crippen LogP contribution in [0.4, 0.5) is 4.39 Å². The lowest BCUT2D eigenvalue weighted by Gasteiger charge is -2.29. The number of ether oxygens (including phenoxy) is 2. The van der Waals surface area contributed by atoms with E-state index in [-0.39, 0.29) is 30.3 Å². The minimum absolute atomic E-state index is 0.00951. The van der Waals surface area contributed by atoms with Gasteiger partial charge in [0.2, 0.25) is 5.91 Å². The third-order valence-corrected chi connectivity index (χ3v) is 6.84. The van der Waals surface area contributed by atoms with Gasteiger partial charge in [0.25, 0.3) is 0 Å². The smallest absolute Gasteiger partial charge is 0.459 e. The molecule has 1 aromatic rings. The van der Waals surface area contributed by atoms with Crippen LogP contribution in [-0.2, 0) is 28.2 Å². The maximum atomic E-state index is 14.0. The van der Waals surface area contributed by atoms with Crippen molar-refractivity contribution in [2.24, 2.45) is 0 Å². The van der Waals surface area contributed by atoms with Crippen molar-refractivity contribution in [3.8, 4) is 5.75 Å². The van der Waals surface area contributed by atoms with Crippen LogP contribution in [0.2, 0.25) is 0 Å². The topological polar surface area (TPSA) is 124 Å². The quantitative estimate of drug-likeness (QED) is 0.359. The molecule has 0 radical (unpaired) electrons. The summed E-state index contributed by atoms with van der Waals surface area (Å²) < 4.78 is 49.4. The molecule has 3 rings (SSSR count). The van der Waals surface area contributed by atoms with E-state index in [1.165, 1.54) is 6.92 Å². The first-order chi connectivity index (χ1) is 16.5. The molecule has 12 heteroatoms. The summed E-state index contributed by atoms with van der Waals surface area (Å²) in [4.78, 5) is 25.6. The highest BCUT2D eigenvalue weighted by Gasteiger charge is 2.42. The summed E-state index contributed by atoms with van der Waals surface area (Å²) in [5.41, 5.74) is 0.0693. The Bertz CT molecular complexity index is 1020. The molecular formula is C23H30FN2O8P. The normalized spacial score (nSPS) is 25.3. The second-order valence-electron chi connectivity index (χ2n) is 8.52. The van der Waals surface area contributed by atoms with E-state index in [1.807, 2.05) is 0 Å². The molecule has 0 aromatic heterocycles. The largest absolute Gasteiger partial charge is 0.462 e. The molecule has 192 valence electrons. The van der Waals surface area contributed by atoms with Gasteiger partial charge in [-0.3, -0.25) is 19.0 Å². The highest BCUT2D eigenvalue weighted by atomic mass is 31.2. The first kappa shape index (κ1) is 27.0. The molecule has 2 aliphatic rings. The van der Waals surface area contributed by atoms with E-state index in [9.17, 15) is 23.7 Å². The molecule has 10 nitrogen and oxygen atoms in total. The molecule has 1 aromatic carbocycles. The molecule has 0 unspecified atom stereocenters. The van der Waals surface area contributed by atoms with Crippen molar-refractivity contribution in [3.63, 3.8) is 0 Å². The number of hydrogen-bond donors (Lipinski definition) is 2. The van der Waals surface area contributed by atoms with Gasteiger partial charge in [-0.1, -0.05) is 24.8 Å². The zero-order chi connectivity index (χ0) is 25.8. The Morgan fingerprint density at radius 1 is 1.34 bits per heavy atom. The van der Waals surface area contributed by atoms with Crippen molar-refractivity contribution in [2.75, 3.05) is 6.61 Å². The van der Waals surface area contributed by atoms with Crippen LogP contribution in [0, 0.1) is 0 Å². The molecule has 2 aliphatic heterocycles. The number of aliphatic hydroxyl groups excluding tert-OH is 1. The number of hydrogen-bond acceptors (Lipinski definition) is 8. The number of nitrogens with one attached hydrogen (secondary N) is 1. The minimum atomic E-state index is -4.16. The van der Waals surface area contributed by atoms with Gasteiger partial charge in [-0.25, -0.2) is 8.96 Å².